The van der Waals surface area contributed by atoms with Crippen molar-refractivity contribution in [3.05, 3.63) is 0 Å². The standard InChI is InChI=1S/C13H24NO3/c1-10(15)11-6-8-14(5,9-7-11)12(16)17-13(2,3)4/h11H,6-9H2,1-5H3/q+1. The summed E-state index contributed by atoms with van der Waals surface area (Å²) >= 11 is 0. The number of piperidine rings is 1. The Labute approximate surface area is 104 Å². The van der Waals surface area contributed by atoms with Gasteiger partial charge in [0.1, 0.15) is 11.4 Å². The summed E-state index contributed by atoms with van der Waals surface area (Å²) in [7, 11) is 1.89. The molecule has 1 fully saturated rings. The van der Waals surface area contributed by atoms with E-state index in [0.717, 1.165) is 12.8 Å². The smallest absolute Gasteiger partial charge is 0.414 e. The Bertz CT molecular complexity index is 309. The van der Waals surface area contributed by atoms with Gasteiger partial charge in [-0.2, -0.15) is 4.79 Å². The lowest BCUT2D eigenvalue weighted by atomic mass is 9.92. The Morgan fingerprint density at radius 3 is 2.00 bits per heavy atom. The summed E-state index contributed by atoms with van der Waals surface area (Å²) in [6.07, 6.45) is 1.38. The van der Waals surface area contributed by atoms with Crippen molar-refractivity contribution in [2.75, 3.05) is 20.1 Å². The maximum absolute atomic E-state index is 12.1. The van der Waals surface area contributed by atoms with Crippen LogP contribution in [-0.4, -0.2) is 42.1 Å². The highest BCUT2D eigenvalue weighted by atomic mass is 16.6. The third kappa shape index (κ3) is 3.80. The molecular weight excluding hydrogens is 218 g/mol. The molecule has 4 heteroatoms. The lowest BCUT2D eigenvalue weighted by molar-refractivity contribution is -0.844. The van der Waals surface area contributed by atoms with Crippen LogP contribution in [0.4, 0.5) is 4.79 Å². The highest BCUT2D eigenvalue weighted by Gasteiger charge is 2.41. The van der Waals surface area contributed by atoms with Crippen LogP contribution < -0.4 is 0 Å². The Hall–Kier alpha value is -0.900. The molecule has 1 aliphatic rings. The number of rotatable bonds is 1. The summed E-state index contributed by atoms with van der Waals surface area (Å²) < 4.78 is 5.72. The Morgan fingerprint density at radius 2 is 1.65 bits per heavy atom. The third-order valence-electron chi connectivity index (χ3n) is 3.35. The number of carbonyl (C=O) groups is 2. The van der Waals surface area contributed by atoms with Gasteiger partial charge in [0, 0.05) is 18.8 Å². The van der Waals surface area contributed by atoms with Crippen LogP contribution >= 0.6 is 0 Å². The van der Waals surface area contributed by atoms with Gasteiger partial charge in [-0.1, -0.05) is 0 Å². The van der Waals surface area contributed by atoms with Crippen LogP contribution in [0, 0.1) is 5.92 Å². The lowest BCUT2D eigenvalue weighted by Crippen LogP contribution is -2.56. The van der Waals surface area contributed by atoms with Gasteiger partial charge in [0.05, 0.1) is 20.1 Å². The molecule has 1 aliphatic heterocycles. The maximum atomic E-state index is 12.1. The van der Waals surface area contributed by atoms with Crippen LogP contribution in [0.1, 0.15) is 40.5 Å². The summed E-state index contributed by atoms with van der Waals surface area (Å²) in [6.45, 7) is 8.64. The molecule has 0 saturated carbocycles. The Kier molecular flexibility index (Phi) is 3.97. The largest absolute Gasteiger partial charge is 0.516 e. The molecule has 1 heterocycles. The first-order valence-electron chi connectivity index (χ1n) is 6.22. The highest BCUT2D eigenvalue weighted by molar-refractivity contribution is 5.78. The van der Waals surface area contributed by atoms with Crippen LogP contribution in [0.15, 0.2) is 0 Å². The first kappa shape index (κ1) is 14.2. The molecule has 0 aliphatic carbocycles. The molecule has 0 aromatic heterocycles. The molecule has 1 rings (SSSR count). The summed E-state index contributed by atoms with van der Waals surface area (Å²) in [6, 6.07) is 0. The van der Waals surface area contributed by atoms with E-state index in [4.69, 9.17) is 4.74 Å². The van der Waals surface area contributed by atoms with Crippen molar-refractivity contribution in [3.63, 3.8) is 0 Å². The van der Waals surface area contributed by atoms with Crippen molar-refractivity contribution in [3.8, 4) is 0 Å². The number of Topliss-reactive ketones (excluding diaryl/α,β-unsaturated/α-hetero) is 1. The fourth-order valence-electron chi connectivity index (χ4n) is 2.10. The Balaban J connectivity index is 2.60. The molecule has 0 spiro atoms. The predicted molar refractivity (Wildman–Crippen MR) is 65.6 cm³/mol. The quantitative estimate of drug-likeness (QED) is 0.663. The minimum Gasteiger partial charge on any atom is -0.414 e. The monoisotopic (exact) mass is 242 g/mol. The van der Waals surface area contributed by atoms with E-state index in [0.29, 0.717) is 17.6 Å². The number of quaternary nitrogens is 1. The van der Waals surface area contributed by atoms with Crippen LogP contribution in [0.3, 0.4) is 0 Å². The highest BCUT2D eigenvalue weighted by Crippen LogP contribution is 2.25. The average molecular weight is 242 g/mol. The molecule has 0 bridgehead atoms. The van der Waals surface area contributed by atoms with Crippen LogP contribution in [0.25, 0.3) is 0 Å². The number of carbonyl (C=O) groups excluding carboxylic acids is 2. The average Bonchev–Trinajstić information content (AvgIpc) is 2.15. The molecule has 4 nitrogen and oxygen atoms in total. The van der Waals surface area contributed by atoms with E-state index in [1.807, 2.05) is 27.8 Å². The molecule has 1 saturated heterocycles. The van der Waals surface area contributed by atoms with E-state index in [2.05, 4.69) is 0 Å². The fraction of sp³-hybridized carbons (Fsp3) is 0.846. The Morgan fingerprint density at radius 1 is 1.18 bits per heavy atom. The van der Waals surface area contributed by atoms with Gasteiger partial charge in [-0.3, -0.25) is 4.79 Å². The van der Waals surface area contributed by atoms with Crippen molar-refractivity contribution in [2.45, 2.75) is 46.1 Å². The lowest BCUT2D eigenvalue weighted by Gasteiger charge is -2.37. The second-order valence-electron chi connectivity index (χ2n) is 6.21. The van der Waals surface area contributed by atoms with Gasteiger partial charge in [-0.15, -0.1) is 0 Å². The van der Waals surface area contributed by atoms with E-state index >= 15 is 0 Å². The van der Waals surface area contributed by atoms with Crippen molar-refractivity contribution in [2.24, 2.45) is 5.92 Å². The fourth-order valence-corrected chi connectivity index (χ4v) is 2.10. The zero-order valence-corrected chi connectivity index (χ0v) is 11.6. The van der Waals surface area contributed by atoms with Crippen molar-refractivity contribution >= 4 is 11.9 Å². The SMILES string of the molecule is CC(=O)C1CC[N+](C)(C(=O)OC(C)(C)C)CC1. The summed E-state index contributed by atoms with van der Waals surface area (Å²) in [5, 5.41) is 0. The molecule has 17 heavy (non-hydrogen) atoms. The second kappa shape index (κ2) is 4.77. The molecule has 98 valence electrons. The van der Waals surface area contributed by atoms with Gasteiger partial charge in [0.15, 0.2) is 0 Å². The van der Waals surface area contributed by atoms with Crippen LogP contribution in [-0.2, 0) is 9.53 Å². The van der Waals surface area contributed by atoms with E-state index in [1.54, 1.807) is 6.92 Å². The summed E-state index contributed by atoms with van der Waals surface area (Å²) in [4.78, 5) is 23.4. The zero-order valence-electron chi connectivity index (χ0n) is 11.6. The second-order valence-corrected chi connectivity index (χ2v) is 6.21. The van der Waals surface area contributed by atoms with Gasteiger partial charge in [0.2, 0.25) is 0 Å². The van der Waals surface area contributed by atoms with Gasteiger partial charge in [-0.05, 0) is 27.7 Å². The third-order valence-corrected chi connectivity index (χ3v) is 3.35. The summed E-state index contributed by atoms with van der Waals surface area (Å²) in [5.74, 6) is 0.365. The maximum Gasteiger partial charge on any atom is 0.516 e. The first-order chi connectivity index (χ1) is 7.64. The van der Waals surface area contributed by atoms with E-state index in [1.165, 1.54) is 0 Å². The molecule has 0 atom stereocenters. The molecule has 0 radical (unpaired) electrons. The van der Waals surface area contributed by atoms with Crippen molar-refractivity contribution < 1.29 is 18.8 Å². The number of nitrogens with zero attached hydrogens (tertiary/aromatic N) is 1. The van der Waals surface area contributed by atoms with Gasteiger partial charge in [-0.25, -0.2) is 4.48 Å². The normalized spacial score (nSPS) is 29.8. The number of hydrogen-bond donors (Lipinski definition) is 0. The van der Waals surface area contributed by atoms with Crippen LogP contribution in [0.5, 0.6) is 0 Å². The zero-order chi connectivity index (χ0) is 13.3. The number of likely N-dealkylation sites (tertiary alicyclic amines) is 1. The van der Waals surface area contributed by atoms with Gasteiger partial charge in [0.25, 0.3) is 0 Å². The van der Waals surface area contributed by atoms with E-state index in [9.17, 15) is 9.59 Å². The minimum atomic E-state index is -0.449. The molecule has 0 N–H and O–H groups in total. The predicted octanol–water partition coefficient (Wildman–Crippen LogP) is 2.37. The van der Waals surface area contributed by atoms with Gasteiger partial charge < -0.3 is 4.74 Å². The first-order valence-corrected chi connectivity index (χ1v) is 6.22. The minimum absolute atomic E-state index is 0.128. The van der Waals surface area contributed by atoms with Crippen molar-refractivity contribution in [1.29, 1.82) is 0 Å². The molecule has 0 unspecified atom stereocenters. The van der Waals surface area contributed by atoms with E-state index < -0.39 is 5.60 Å². The van der Waals surface area contributed by atoms with E-state index in [-0.39, 0.29) is 17.8 Å². The molecule has 0 aromatic carbocycles. The number of ether oxygens (including phenoxy) is 1. The number of amides is 1. The topological polar surface area (TPSA) is 43.4 Å². The number of ketones is 1. The van der Waals surface area contributed by atoms with Crippen molar-refractivity contribution in [1.82, 2.24) is 0 Å². The number of hydrogen-bond acceptors (Lipinski definition) is 3. The van der Waals surface area contributed by atoms with Gasteiger partial charge >= 0.3 is 6.09 Å². The summed E-state index contributed by atoms with van der Waals surface area (Å²) in [5.41, 5.74) is -0.449. The molecule has 1 amide bonds. The molecular formula is C13H24NO3+. The molecule has 0 aromatic rings. The van der Waals surface area contributed by atoms with Crippen LogP contribution in [0.2, 0.25) is 0 Å².